The molecule has 0 bridgehead atoms. The SMILES string of the molecule is CCC[C@@H]1NC[C@@H](C)NC1=O. The number of nitrogens with one attached hydrogen (secondary N) is 2. The summed E-state index contributed by atoms with van der Waals surface area (Å²) in [6, 6.07) is 0.340. The summed E-state index contributed by atoms with van der Waals surface area (Å²) >= 11 is 0. The van der Waals surface area contributed by atoms with Gasteiger partial charge >= 0.3 is 0 Å². The van der Waals surface area contributed by atoms with Gasteiger partial charge in [0.15, 0.2) is 0 Å². The van der Waals surface area contributed by atoms with Gasteiger partial charge in [-0.1, -0.05) is 13.3 Å². The smallest absolute Gasteiger partial charge is 0.237 e. The highest BCUT2D eigenvalue weighted by molar-refractivity contribution is 5.82. The van der Waals surface area contributed by atoms with Crippen molar-refractivity contribution in [2.45, 2.75) is 38.8 Å². The number of hydrogen-bond donors (Lipinski definition) is 2. The Labute approximate surface area is 67.5 Å². The standard InChI is InChI=1S/C8H16N2O/c1-3-4-7-8(11)10-6(2)5-9-7/h6-7,9H,3-5H2,1-2H3,(H,10,11)/t6-,7+/m1/s1. The van der Waals surface area contributed by atoms with E-state index < -0.39 is 0 Å². The van der Waals surface area contributed by atoms with Crippen molar-refractivity contribution in [2.24, 2.45) is 0 Å². The summed E-state index contributed by atoms with van der Waals surface area (Å²) in [7, 11) is 0. The molecule has 3 heteroatoms. The maximum absolute atomic E-state index is 11.2. The van der Waals surface area contributed by atoms with Crippen LogP contribution < -0.4 is 10.6 Å². The number of carbonyl (C=O) groups is 1. The molecule has 0 radical (unpaired) electrons. The Morgan fingerprint density at radius 1 is 1.64 bits per heavy atom. The highest BCUT2D eigenvalue weighted by Gasteiger charge is 2.23. The molecular formula is C8H16N2O. The Kier molecular flexibility index (Phi) is 2.88. The molecule has 1 saturated heterocycles. The topological polar surface area (TPSA) is 41.1 Å². The number of carbonyl (C=O) groups excluding carboxylic acids is 1. The highest BCUT2D eigenvalue weighted by Crippen LogP contribution is 2.01. The van der Waals surface area contributed by atoms with Crippen LogP contribution in [0.4, 0.5) is 0 Å². The zero-order chi connectivity index (χ0) is 8.27. The lowest BCUT2D eigenvalue weighted by atomic mass is 10.1. The minimum absolute atomic E-state index is 0.0520. The van der Waals surface area contributed by atoms with E-state index >= 15 is 0 Å². The first kappa shape index (κ1) is 8.53. The van der Waals surface area contributed by atoms with Crippen LogP contribution in [0.2, 0.25) is 0 Å². The van der Waals surface area contributed by atoms with Crippen LogP contribution >= 0.6 is 0 Å². The summed E-state index contributed by atoms with van der Waals surface area (Å²) in [4.78, 5) is 11.2. The summed E-state index contributed by atoms with van der Waals surface area (Å²) < 4.78 is 0. The molecule has 0 aliphatic carbocycles. The molecule has 0 aromatic carbocycles. The summed E-state index contributed by atoms with van der Waals surface area (Å²) in [6.07, 6.45) is 2.00. The molecule has 0 spiro atoms. The number of hydrogen-bond acceptors (Lipinski definition) is 2. The number of piperazine rings is 1. The minimum atomic E-state index is 0.0520. The van der Waals surface area contributed by atoms with Crippen molar-refractivity contribution in [3.63, 3.8) is 0 Å². The van der Waals surface area contributed by atoms with Gasteiger partial charge in [-0.05, 0) is 13.3 Å². The predicted octanol–water partition coefficient (Wildman–Crippen LogP) is 0.263. The van der Waals surface area contributed by atoms with Gasteiger partial charge in [-0.15, -0.1) is 0 Å². The second kappa shape index (κ2) is 3.72. The van der Waals surface area contributed by atoms with E-state index in [4.69, 9.17) is 0 Å². The second-order valence-corrected chi connectivity index (χ2v) is 3.16. The van der Waals surface area contributed by atoms with Gasteiger partial charge in [-0.2, -0.15) is 0 Å². The van der Waals surface area contributed by atoms with Crippen molar-refractivity contribution in [1.82, 2.24) is 10.6 Å². The molecule has 0 saturated carbocycles. The maximum atomic E-state index is 11.2. The second-order valence-electron chi connectivity index (χ2n) is 3.16. The fourth-order valence-electron chi connectivity index (χ4n) is 1.33. The van der Waals surface area contributed by atoms with Crippen LogP contribution in [-0.2, 0) is 4.79 Å². The first-order chi connectivity index (χ1) is 5.24. The van der Waals surface area contributed by atoms with Crippen LogP contribution in [0, 0.1) is 0 Å². The monoisotopic (exact) mass is 156 g/mol. The fourth-order valence-corrected chi connectivity index (χ4v) is 1.33. The third-order valence-electron chi connectivity index (χ3n) is 1.95. The first-order valence-corrected chi connectivity index (χ1v) is 4.27. The predicted molar refractivity (Wildman–Crippen MR) is 44.3 cm³/mol. The Balaban J connectivity index is 2.38. The zero-order valence-corrected chi connectivity index (χ0v) is 7.18. The quantitative estimate of drug-likeness (QED) is 0.602. The van der Waals surface area contributed by atoms with Gasteiger partial charge < -0.3 is 10.6 Å². The van der Waals surface area contributed by atoms with Crippen LogP contribution in [-0.4, -0.2) is 24.5 Å². The van der Waals surface area contributed by atoms with Gasteiger partial charge in [-0.25, -0.2) is 0 Å². The summed E-state index contributed by atoms with van der Waals surface area (Å²) in [6.45, 7) is 5.00. The Hall–Kier alpha value is -0.570. The molecule has 0 aromatic rings. The molecular weight excluding hydrogens is 140 g/mol. The van der Waals surface area contributed by atoms with Crippen molar-refractivity contribution < 1.29 is 4.79 Å². The molecule has 64 valence electrons. The first-order valence-electron chi connectivity index (χ1n) is 4.27. The van der Waals surface area contributed by atoms with Gasteiger partial charge in [-0.3, -0.25) is 4.79 Å². The van der Waals surface area contributed by atoms with E-state index in [1.807, 2.05) is 6.92 Å². The van der Waals surface area contributed by atoms with E-state index in [1.165, 1.54) is 0 Å². The average molecular weight is 156 g/mol. The van der Waals surface area contributed by atoms with Gasteiger partial charge in [0.25, 0.3) is 0 Å². The van der Waals surface area contributed by atoms with Crippen LogP contribution in [0.15, 0.2) is 0 Å². The fraction of sp³-hybridized carbons (Fsp3) is 0.875. The molecule has 11 heavy (non-hydrogen) atoms. The van der Waals surface area contributed by atoms with E-state index in [9.17, 15) is 4.79 Å². The van der Waals surface area contributed by atoms with Crippen molar-refractivity contribution >= 4 is 5.91 Å². The molecule has 1 aliphatic heterocycles. The molecule has 1 heterocycles. The molecule has 2 atom stereocenters. The van der Waals surface area contributed by atoms with E-state index in [-0.39, 0.29) is 18.0 Å². The zero-order valence-electron chi connectivity index (χ0n) is 7.18. The molecule has 1 fully saturated rings. The van der Waals surface area contributed by atoms with Crippen molar-refractivity contribution in [3.8, 4) is 0 Å². The van der Waals surface area contributed by atoms with Crippen LogP contribution in [0.25, 0.3) is 0 Å². The summed E-state index contributed by atoms with van der Waals surface area (Å²) in [5.41, 5.74) is 0. The van der Waals surface area contributed by atoms with Gasteiger partial charge in [0, 0.05) is 12.6 Å². The lowest BCUT2D eigenvalue weighted by Gasteiger charge is -2.27. The third-order valence-corrected chi connectivity index (χ3v) is 1.95. The molecule has 1 amide bonds. The van der Waals surface area contributed by atoms with Crippen molar-refractivity contribution in [1.29, 1.82) is 0 Å². The molecule has 1 rings (SSSR count). The van der Waals surface area contributed by atoms with Crippen LogP contribution in [0.3, 0.4) is 0 Å². The van der Waals surface area contributed by atoms with Crippen molar-refractivity contribution in [2.75, 3.05) is 6.54 Å². The average Bonchev–Trinajstić information content (AvgIpc) is 1.95. The van der Waals surface area contributed by atoms with E-state index in [2.05, 4.69) is 17.6 Å². The summed E-state index contributed by atoms with van der Waals surface area (Å²) in [5.74, 6) is 0.158. The molecule has 2 N–H and O–H groups in total. The van der Waals surface area contributed by atoms with E-state index in [0.29, 0.717) is 0 Å². The van der Waals surface area contributed by atoms with Crippen LogP contribution in [0.5, 0.6) is 0 Å². The number of rotatable bonds is 2. The minimum Gasteiger partial charge on any atom is -0.351 e. The molecule has 1 aliphatic rings. The van der Waals surface area contributed by atoms with Crippen molar-refractivity contribution in [3.05, 3.63) is 0 Å². The Morgan fingerprint density at radius 3 is 2.91 bits per heavy atom. The maximum Gasteiger partial charge on any atom is 0.237 e. The lowest BCUT2D eigenvalue weighted by molar-refractivity contribution is -0.125. The molecule has 0 aromatic heterocycles. The largest absolute Gasteiger partial charge is 0.351 e. The van der Waals surface area contributed by atoms with Gasteiger partial charge in [0.05, 0.1) is 6.04 Å². The van der Waals surface area contributed by atoms with Gasteiger partial charge in [0.2, 0.25) is 5.91 Å². The molecule has 0 unspecified atom stereocenters. The Morgan fingerprint density at radius 2 is 2.36 bits per heavy atom. The third kappa shape index (κ3) is 2.19. The van der Waals surface area contributed by atoms with E-state index in [1.54, 1.807) is 0 Å². The highest BCUT2D eigenvalue weighted by atomic mass is 16.2. The number of amides is 1. The van der Waals surface area contributed by atoms with Gasteiger partial charge in [0.1, 0.15) is 0 Å². The van der Waals surface area contributed by atoms with Crippen LogP contribution in [0.1, 0.15) is 26.7 Å². The Bertz CT molecular complexity index is 147. The lowest BCUT2D eigenvalue weighted by Crippen LogP contribution is -2.57. The molecule has 3 nitrogen and oxygen atoms in total. The normalized spacial score (nSPS) is 31.6. The summed E-state index contributed by atoms with van der Waals surface area (Å²) in [5, 5.41) is 6.12. The van der Waals surface area contributed by atoms with E-state index in [0.717, 1.165) is 19.4 Å².